The summed E-state index contributed by atoms with van der Waals surface area (Å²) >= 11 is 0. The van der Waals surface area contributed by atoms with E-state index in [4.69, 9.17) is 9.47 Å². The fourth-order valence-electron chi connectivity index (χ4n) is 2.00. The van der Waals surface area contributed by atoms with Crippen LogP contribution in [0.5, 0.6) is 0 Å². The molecule has 0 unspecified atom stereocenters. The predicted octanol–water partition coefficient (Wildman–Crippen LogP) is 2.46. The van der Waals surface area contributed by atoms with Crippen LogP contribution in [0.3, 0.4) is 0 Å². The lowest BCUT2D eigenvalue weighted by molar-refractivity contribution is 0.0576. The summed E-state index contributed by atoms with van der Waals surface area (Å²) in [6, 6.07) is 4.05. The number of rotatable bonds is 6. The number of ketones is 1. The fraction of sp³-hybridized carbons (Fsp3) is 0.500. The molecule has 0 aliphatic rings. The van der Waals surface area contributed by atoms with Gasteiger partial charge in [-0.3, -0.25) is 4.79 Å². The summed E-state index contributed by atoms with van der Waals surface area (Å²) in [5.74, 6) is 0.0381. The summed E-state index contributed by atoms with van der Waals surface area (Å²) in [5, 5.41) is 0. The van der Waals surface area contributed by atoms with Crippen molar-refractivity contribution in [3.05, 3.63) is 34.4 Å². The Hall–Kier alpha value is -1.19. The van der Waals surface area contributed by atoms with Gasteiger partial charge < -0.3 is 9.47 Å². The topological polar surface area (TPSA) is 35.5 Å². The van der Waals surface area contributed by atoms with Crippen LogP contribution in [0.15, 0.2) is 12.1 Å². The lowest BCUT2D eigenvalue weighted by Gasteiger charge is -2.10. The Labute approximate surface area is 103 Å². The van der Waals surface area contributed by atoms with E-state index in [-0.39, 0.29) is 12.4 Å². The Kier molecular flexibility index (Phi) is 5.32. The number of methoxy groups -OCH3 is 1. The van der Waals surface area contributed by atoms with Crippen molar-refractivity contribution >= 4 is 5.78 Å². The molecule has 0 spiro atoms. The average molecular weight is 236 g/mol. The number of carbonyl (C=O) groups excluding carboxylic acids is 1. The van der Waals surface area contributed by atoms with E-state index >= 15 is 0 Å². The maximum atomic E-state index is 12.0. The third-order valence-electron chi connectivity index (χ3n) is 2.62. The first-order valence-electron chi connectivity index (χ1n) is 5.74. The van der Waals surface area contributed by atoms with Gasteiger partial charge in [-0.15, -0.1) is 0 Å². The fourth-order valence-corrected chi connectivity index (χ4v) is 2.00. The molecule has 0 aliphatic carbocycles. The van der Waals surface area contributed by atoms with E-state index < -0.39 is 0 Å². The first-order valence-corrected chi connectivity index (χ1v) is 5.74. The monoisotopic (exact) mass is 236 g/mol. The summed E-state index contributed by atoms with van der Waals surface area (Å²) in [6.45, 7) is 7.04. The van der Waals surface area contributed by atoms with Crippen LogP contribution in [-0.4, -0.2) is 32.7 Å². The van der Waals surface area contributed by atoms with E-state index in [0.717, 1.165) is 16.7 Å². The molecule has 0 fully saturated rings. The number of Topliss-reactive ketones (excluding diaryl/α,β-unsaturated/α-hetero) is 1. The molecule has 0 amide bonds. The van der Waals surface area contributed by atoms with E-state index in [1.54, 1.807) is 7.11 Å². The summed E-state index contributed by atoms with van der Waals surface area (Å²) in [4.78, 5) is 12.0. The summed E-state index contributed by atoms with van der Waals surface area (Å²) in [5.41, 5.74) is 4.00. The Bertz CT molecular complexity index is 373. The zero-order valence-corrected chi connectivity index (χ0v) is 11.0. The largest absolute Gasteiger partial charge is 0.382 e. The number of ether oxygens (including phenoxy) is 2. The molecule has 0 aliphatic heterocycles. The van der Waals surface area contributed by atoms with E-state index in [9.17, 15) is 4.79 Å². The quantitative estimate of drug-likeness (QED) is 0.562. The zero-order chi connectivity index (χ0) is 12.8. The Morgan fingerprint density at radius 1 is 1.12 bits per heavy atom. The molecule has 0 N–H and O–H groups in total. The molecule has 0 radical (unpaired) electrons. The molecule has 0 aromatic heterocycles. The minimum Gasteiger partial charge on any atom is -0.382 e. The minimum atomic E-state index is 0.0381. The van der Waals surface area contributed by atoms with Gasteiger partial charge in [-0.05, 0) is 31.9 Å². The van der Waals surface area contributed by atoms with Crippen molar-refractivity contribution in [3.8, 4) is 0 Å². The van der Waals surface area contributed by atoms with Gasteiger partial charge >= 0.3 is 0 Å². The van der Waals surface area contributed by atoms with Gasteiger partial charge in [0, 0.05) is 12.7 Å². The molecule has 0 heterocycles. The maximum Gasteiger partial charge on any atom is 0.188 e. The number of carbonyl (C=O) groups is 1. The first-order chi connectivity index (χ1) is 8.06. The Morgan fingerprint density at radius 2 is 1.71 bits per heavy atom. The second kappa shape index (κ2) is 6.52. The molecule has 17 heavy (non-hydrogen) atoms. The first kappa shape index (κ1) is 13.9. The highest BCUT2D eigenvalue weighted by atomic mass is 16.5. The van der Waals surface area contributed by atoms with Gasteiger partial charge in [0.15, 0.2) is 5.78 Å². The van der Waals surface area contributed by atoms with E-state index in [1.807, 2.05) is 32.9 Å². The molecule has 0 atom stereocenters. The number of hydrogen-bond donors (Lipinski definition) is 0. The van der Waals surface area contributed by atoms with Crippen molar-refractivity contribution in [3.63, 3.8) is 0 Å². The molecular weight excluding hydrogens is 216 g/mol. The number of aryl methyl sites for hydroxylation is 3. The van der Waals surface area contributed by atoms with Gasteiger partial charge in [-0.25, -0.2) is 0 Å². The van der Waals surface area contributed by atoms with Crippen LogP contribution in [0.2, 0.25) is 0 Å². The van der Waals surface area contributed by atoms with Crippen LogP contribution in [0, 0.1) is 20.8 Å². The van der Waals surface area contributed by atoms with Gasteiger partial charge in [0.25, 0.3) is 0 Å². The summed E-state index contributed by atoms with van der Waals surface area (Å²) < 4.78 is 10.1. The predicted molar refractivity (Wildman–Crippen MR) is 67.7 cm³/mol. The third kappa shape index (κ3) is 3.95. The molecule has 1 aromatic carbocycles. The molecule has 3 nitrogen and oxygen atoms in total. The average Bonchev–Trinajstić information content (AvgIpc) is 2.23. The lowest BCUT2D eigenvalue weighted by Crippen LogP contribution is -2.14. The van der Waals surface area contributed by atoms with Gasteiger partial charge in [-0.1, -0.05) is 17.7 Å². The van der Waals surface area contributed by atoms with Crippen molar-refractivity contribution < 1.29 is 14.3 Å². The van der Waals surface area contributed by atoms with Gasteiger partial charge in [-0.2, -0.15) is 0 Å². The van der Waals surface area contributed by atoms with Crippen molar-refractivity contribution in [2.45, 2.75) is 20.8 Å². The zero-order valence-electron chi connectivity index (χ0n) is 11.0. The van der Waals surface area contributed by atoms with Gasteiger partial charge in [0.1, 0.15) is 6.61 Å². The highest BCUT2D eigenvalue weighted by Gasteiger charge is 2.12. The Morgan fingerprint density at radius 3 is 2.24 bits per heavy atom. The van der Waals surface area contributed by atoms with Crippen LogP contribution < -0.4 is 0 Å². The van der Waals surface area contributed by atoms with E-state index in [1.165, 1.54) is 5.56 Å². The second-order valence-electron chi connectivity index (χ2n) is 4.24. The van der Waals surface area contributed by atoms with Gasteiger partial charge in [0.05, 0.1) is 13.2 Å². The normalized spacial score (nSPS) is 10.6. The second-order valence-corrected chi connectivity index (χ2v) is 4.24. The van der Waals surface area contributed by atoms with Crippen molar-refractivity contribution in [1.82, 2.24) is 0 Å². The molecule has 0 bridgehead atoms. The maximum absolute atomic E-state index is 12.0. The van der Waals surface area contributed by atoms with Crippen molar-refractivity contribution in [2.75, 3.05) is 26.9 Å². The molecule has 0 saturated carbocycles. The third-order valence-corrected chi connectivity index (χ3v) is 2.62. The molecular formula is C14H20O3. The SMILES string of the molecule is COCCOCC(=O)c1c(C)cc(C)cc1C. The van der Waals surface area contributed by atoms with E-state index in [2.05, 4.69) is 0 Å². The van der Waals surface area contributed by atoms with Crippen LogP contribution in [-0.2, 0) is 9.47 Å². The molecule has 0 saturated heterocycles. The molecule has 1 aromatic rings. The van der Waals surface area contributed by atoms with Gasteiger partial charge in [0.2, 0.25) is 0 Å². The van der Waals surface area contributed by atoms with Crippen LogP contribution in [0.25, 0.3) is 0 Å². The highest BCUT2D eigenvalue weighted by molar-refractivity contribution is 5.99. The van der Waals surface area contributed by atoms with Crippen LogP contribution in [0.1, 0.15) is 27.0 Å². The Balaban J connectivity index is 2.69. The van der Waals surface area contributed by atoms with Crippen LogP contribution in [0.4, 0.5) is 0 Å². The summed E-state index contributed by atoms with van der Waals surface area (Å²) in [7, 11) is 1.61. The molecule has 94 valence electrons. The number of hydrogen-bond acceptors (Lipinski definition) is 3. The summed E-state index contributed by atoms with van der Waals surface area (Å²) in [6.07, 6.45) is 0. The smallest absolute Gasteiger partial charge is 0.188 e. The van der Waals surface area contributed by atoms with Crippen molar-refractivity contribution in [1.29, 1.82) is 0 Å². The van der Waals surface area contributed by atoms with Crippen molar-refractivity contribution in [2.24, 2.45) is 0 Å². The lowest BCUT2D eigenvalue weighted by atomic mass is 9.97. The molecule has 3 heteroatoms. The molecule has 1 rings (SSSR count). The minimum absolute atomic E-state index is 0.0381. The standard InChI is InChI=1S/C14H20O3/c1-10-7-11(2)14(12(3)8-10)13(15)9-17-6-5-16-4/h7-8H,5-6,9H2,1-4H3. The number of benzene rings is 1. The van der Waals surface area contributed by atoms with Crippen LogP contribution >= 0.6 is 0 Å². The highest BCUT2D eigenvalue weighted by Crippen LogP contribution is 2.17. The van der Waals surface area contributed by atoms with E-state index in [0.29, 0.717) is 13.2 Å².